The number of aryl methyl sites for hydroxylation is 1. The van der Waals surface area contributed by atoms with Crippen LogP contribution in [0.4, 0.5) is 5.69 Å². The molecule has 0 bridgehead atoms. The molecule has 0 amide bonds. The summed E-state index contributed by atoms with van der Waals surface area (Å²) in [4.78, 5) is 0. The molecule has 0 atom stereocenters. The molecule has 0 aliphatic carbocycles. The van der Waals surface area contributed by atoms with E-state index in [1.54, 1.807) is 0 Å². The monoisotopic (exact) mass is 243 g/mol. The molecule has 0 aliphatic rings. The lowest BCUT2D eigenvalue weighted by Crippen LogP contribution is -2.04. The maximum absolute atomic E-state index is 4.26. The Bertz CT molecular complexity index is 526. The van der Waals surface area contributed by atoms with E-state index < -0.39 is 0 Å². The molecular weight excluding hydrogens is 222 g/mol. The summed E-state index contributed by atoms with van der Waals surface area (Å²) in [5.41, 5.74) is 5.04. The number of nitrogens with one attached hydrogen (secondary N) is 1. The van der Waals surface area contributed by atoms with Gasteiger partial charge in [-0.2, -0.15) is 5.10 Å². The molecule has 2 rings (SSSR count). The third-order valence-corrected chi connectivity index (χ3v) is 3.39. The van der Waals surface area contributed by atoms with E-state index in [4.69, 9.17) is 0 Å². The molecule has 2 aromatic rings. The molecule has 0 saturated carbocycles. The molecule has 1 N–H and O–H groups in total. The van der Waals surface area contributed by atoms with Crippen LogP contribution in [0.5, 0.6) is 0 Å². The summed E-state index contributed by atoms with van der Waals surface area (Å²) in [6.07, 6.45) is 1.93. The smallest absolute Gasteiger partial charge is 0.0542 e. The van der Waals surface area contributed by atoms with Gasteiger partial charge in [0.1, 0.15) is 0 Å². The molecule has 0 unspecified atom stereocenters. The Morgan fingerprint density at radius 1 is 1.28 bits per heavy atom. The van der Waals surface area contributed by atoms with Crippen molar-refractivity contribution in [1.29, 1.82) is 0 Å². The van der Waals surface area contributed by atoms with E-state index in [0.29, 0.717) is 5.92 Å². The fourth-order valence-electron chi connectivity index (χ4n) is 2.07. The zero-order chi connectivity index (χ0) is 13.1. The summed E-state index contributed by atoms with van der Waals surface area (Å²) >= 11 is 0. The lowest BCUT2D eigenvalue weighted by Gasteiger charge is -2.14. The van der Waals surface area contributed by atoms with Crippen molar-refractivity contribution < 1.29 is 0 Å². The number of hydrogen-bond donors (Lipinski definition) is 1. The molecule has 96 valence electrons. The zero-order valence-corrected chi connectivity index (χ0v) is 11.6. The standard InChI is InChI=1S/C15H21N3/c1-11(2)14-7-5-6-8-15(14)16-9-13-10-17-18(4)12(13)3/h5-8,10-11,16H,9H2,1-4H3. The second-order valence-corrected chi connectivity index (χ2v) is 4.97. The normalized spacial score (nSPS) is 10.9. The third-order valence-electron chi connectivity index (χ3n) is 3.39. The van der Waals surface area contributed by atoms with E-state index in [2.05, 4.69) is 55.5 Å². The van der Waals surface area contributed by atoms with Crippen LogP contribution in [0, 0.1) is 6.92 Å². The zero-order valence-electron chi connectivity index (χ0n) is 11.6. The third kappa shape index (κ3) is 2.55. The van der Waals surface area contributed by atoms with Gasteiger partial charge in [-0.15, -0.1) is 0 Å². The van der Waals surface area contributed by atoms with Crippen LogP contribution >= 0.6 is 0 Å². The number of nitrogens with zero attached hydrogens (tertiary/aromatic N) is 2. The van der Waals surface area contributed by atoms with Crippen LogP contribution in [-0.4, -0.2) is 9.78 Å². The Labute approximate surface area is 109 Å². The van der Waals surface area contributed by atoms with Crippen molar-refractivity contribution in [2.75, 3.05) is 5.32 Å². The summed E-state index contributed by atoms with van der Waals surface area (Å²) in [5.74, 6) is 0.531. The van der Waals surface area contributed by atoms with Crippen molar-refractivity contribution in [3.05, 3.63) is 47.3 Å². The van der Waals surface area contributed by atoms with Crippen molar-refractivity contribution in [2.24, 2.45) is 7.05 Å². The molecule has 0 radical (unpaired) electrons. The van der Waals surface area contributed by atoms with Gasteiger partial charge >= 0.3 is 0 Å². The Kier molecular flexibility index (Phi) is 3.70. The van der Waals surface area contributed by atoms with Crippen LogP contribution in [-0.2, 0) is 13.6 Å². The van der Waals surface area contributed by atoms with E-state index in [1.807, 2.05) is 17.9 Å². The molecule has 0 aliphatic heterocycles. The predicted octanol–water partition coefficient (Wildman–Crippen LogP) is 3.46. The van der Waals surface area contributed by atoms with Crippen LogP contribution in [0.15, 0.2) is 30.5 Å². The number of rotatable bonds is 4. The summed E-state index contributed by atoms with van der Waals surface area (Å²) in [7, 11) is 1.97. The molecule has 18 heavy (non-hydrogen) atoms. The van der Waals surface area contributed by atoms with E-state index in [-0.39, 0.29) is 0 Å². The van der Waals surface area contributed by atoms with Crippen LogP contribution in [0.1, 0.15) is 36.6 Å². The highest BCUT2D eigenvalue weighted by Crippen LogP contribution is 2.24. The van der Waals surface area contributed by atoms with Crippen LogP contribution < -0.4 is 5.32 Å². The fraction of sp³-hybridized carbons (Fsp3) is 0.400. The van der Waals surface area contributed by atoms with Gasteiger partial charge in [-0.25, -0.2) is 0 Å². The quantitative estimate of drug-likeness (QED) is 0.891. The molecule has 0 spiro atoms. The van der Waals surface area contributed by atoms with Gasteiger partial charge in [-0.1, -0.05) is 32.0 Å². The first kappa shape index (κ1) is 12.7. The minimum absolute atomic E-state index is 0.531. The second-order valence-electron chi connectivity index (χ2n) is 4.97. The Morgan fingerprint density at radius 3 is 2.61 bits per heavy atom. The van der Waals surface area contributed by atoms with Gasteiger partial charge in [0.25, 0.3) is 0 Å². The number of anilines is 1. The highest BCUT2D eigenvalue weighted by Gasteiger charge is 2.07. The van der Waals surface area contributed by atoms with Gasteiger partial charge in [0.05, 0.1) is 6.20 Å². The molecule has 1 heterocycles. The van der Waals surface area contributed by atoms with Crippen molar-refractivity contribution in [3.8, 4) is 0 Å². The number of para-hydroxylation sites is 1. The summed E-state index contributed by atoms with van der Waals surface area (Å²) in [6, 6.07) is 8.49. The maximum atomic E-state index is 4.26. The topological polar surface area (TPSA) is 29.9 Å². The lowest BCUT2D eigenvalue weighted by atomic mass is 10.0. The molecule has 3 nitrogen and oxygen atoms in total. The Hall–Kier alpha value is -1.77. The minimum atomic E-state index is 0.531. The first-order chi connectivity index (χ1) is 8.59. The molecular formula is C15H21N3. The lowest BCUT2D eigenvalue weighted by molar-refractivity contribution is 0.738. The van der Waals surface area contributed by atoms with E-state index in [9.17, 15) is 0 Å². The van der Waals surface area contributed by atoms with Gasteiger partial charge in [0, 0.05) is 30.5 Å². The molecule has 0 fully saturated rings. The number of benzene rings is 1. The highest BCUT2D eigenvalue weighted by atomic mass is 15.3. The number of aromatic nitrogens is 2. The van der Waals surface area contributed by atoms with Gasteiger partial charge < -0.3 is 5.32 Å². The predicted molar refractivity (Wildman–Crippen MR) is 75.8 cm³/mol. The number of hydrogen-bond acceptors (Lipinski definition) is 2. The second kappa shape index (κ2) is 5.25. The summed E-state index contributed by atoms with van der Waals surface area (Å²) in [6.45, 7) is 7.35. The SMILES string of the molecule is Cc1c(CNc2ccccc2C(C)C)cnn1C. The van der Waals surface area contributed by atoms with E-state index in [1.165, 1.54) is 22.5 Å². The summed E-state index contributed by atoms with van der Waals surface area (Å²) in [5, 5.41) is 7.77. The van der Waals surface area contributed by atoms with E-state index in [0.717, 1.165) is 6.54 Å². The van der Waals surface area contributed by atoms with Crippen LogP contribution in [0.25, 0.3) is 0 Å². The first-order valence-corrected chi connectivity index (χ1v) is 6.40. The molecule has 0 saturated heterocycles. The minimum Gasteiger partial charge on any atom is -0.381 e. The van der Waals surface area contributed by atoms with Gasteiger partial charge in [0.2, 0.25) is 0 Å². The van der Waals surface area contributed by atoms with Crippen molar-refractivity contribution in [1.82, 2.24) is 9.78 Å². The van der Waals surface area contributed by atoms with Crippen molar-refractivity contribution in [3.63, 3.8) is 0 Å². The largest absolute Gasteiger partial charge is 0.381 e. The fourth-order valence-corrected chi connectivity index (χ4v) is 2.07. The van der Waals surface area contributed by atoms with Crippen molar-refractivity contribution in [2.45, 2.75) is 33.2 Å². The van der Waals surface area contributed by atoms with Gasteiger partial charge in [-0.05, 0) is 24.5 Å². The van der Waals surface area contributed by atoms with Crippen LogP contribution in [0.3, 0.4) is 0 Å². The maximum Gasteiger partial charge on any atom is 0.0542 e. The van der Waals surface area contributed by atoms with E-state index >= 15 is 0 Å². The average molecular weight is 243 g/mol. The average Bonchev–Trinajstić information content (AvgIpc) is 2.68. The molecule has 1 aromatic carbocycles. The molecule has 1 aromatic heterocycles. The molecule has 3 heteroatoms. The highest BCUT2D eigenvalue weighted by molar-refractivity contribution is 5.52. The Morgan fingerprint density at radius 2 is 2.00 bits per heavy atom. The van der Waals surface area contributed by atoms with Gasteiger partial charge in [0.15, 0.2) is 0 Å². The van der Waals surface area contributed by atoms with Crippen LogP contribution in [0.2, 0.25) is 0 Å². The van der Waals surface area contributed by atoms with Crippen molar-refractivity contribution >= 4 is 5.69 Å². The van der Waals surface area contributed by atoms with Gasteiger partial charge in [-0.3, -0.25) is 4.68 Å². The first-order valence-electron chi connectivity index (χ1n) is 6.40. The Balaban J connectivity index is 2.13. The summed E-state index contributed by atoms with van der Waals surface area (Å²) < 4.78 is 1.91.